The summed E-state index contributed by atoms with van der Waals surface area (Å²) in [6.45, 7) is 1.80. The first-order valence-corrected chi connectivity index (χ1v) is 7.45. The third kappa shape index (κ3) is 3.27. The van der Waals surface area contributed by atoms with Crippen molar-refractivity contribution in [1.29, 1.82) is 0 Å². The monoisotopic (exact) mass is 262 g/mol. The summed E-state index contributed by atoms with van der Waals surface area (Å²) in [5.41, 5.74) is 0.693. The molecule has 1 aromatic carbocycles. The zero-order chi connectivity index (χ0) is 13.2. The van der Waals surface area contributed by atoms with Crippen molar-refractivity contribution in [3.8, 4) is 0 Å². The molecule has 0 atom stereocenters. The van der Waals surface area contributed by atoms with E-state index in [9.17, 15) is 4.39 Å². The van der Waals surface area contributed by atoms with Crippen LogP contribution in [0.25, 0.3) is 0 Å². The van der Waals surface area contributed by atoms with Gasteiger partial charge in [-0.3, -0.25) is 0 Å². The van der Waals surface area contributed by atoms with Crippen LogP contribution in [0.5, 0.6) is 0 Å². The maximum absolute atomic E-state index is 13.6. The third-order valence-corrected chi connectivity index (χ3v) is 4.35. The standard InChI is InChI=1S/C16H23FN2/c1-19(15-5-3-2-4-14(15)17)11-10-18-16(12-6-7-12)13-8-9-13/h2-5,12-13,16,18H,6-11H2,1H3. The maximum Gasteiger partial charge on any atom is 0.146 e. The number of hydrogen-bond donors (Lipinski definition) is 1. The van der Waals surface area contributed by atoms with Crippen molar-refractivity contribution >= 4 is 5.69 Å². The summed E-state index contributed by atoms with van der Waals surface area (Å²) in [5.74, 6) is 1.71. The molecule has 0 aromatic heterocycles. The topological polar surface area (TPSA) is 15.3 Å². The van der Waals surface area contributed by atoms with Crippen LogP contribution in [0.3, 0.4) is 0 Å². The summed E-state index contributed by atoms with van der Waals surface area (Å²) in [6, 6.07) is 7.72. The van der Waals surface area contributed by atoms with E-state index in [4.69, 9.17) is 0 Å². The number of likely N-dealkylation sites (N-methyl/N-ethyl adjacent to an activating group) is 1. The second kappa shape index (κ2) is 5.49. The quantitative estimate of drug-likeness (QED) is 0.812. The summed E-state index contributed by atoms with van der Waals surface area (Å²) >= 11 is 0. The minimum Gasteiger partial charge on any atom is -0.371 e. The van der Waals surface area contributed by atoms with E-state index in [-0.39, 0.29) is 5.82 Å². The van der Waals surface area contributed by atoms with E-state index >= 15 is 0 Å². The van der Waals surface area contributed by atoms with Crippen LogP contribution in [0.2, 0.25) is 0 Å². The van der Waals surface area contributed by atoms with Crippen molar-refractivity contribution in [3.63, 3.8) is 0 Å². The number of halogens is 1. The molecule has 19 heavy (non-hydrogen) atoms. The second-order valence-electron chi connectivity index (χ2n) is 6.03. The number of para-hydroxylation sites is 1. The normalized spacial score (nSPS) is 18.9. The highest BCUT2D eigenvalue weighted by molar-refractivity contribution is 5.46. The molecular formula is C16H23FN2. The fourth-order valence-corrected chi connectivity index (χ4v) is 2.91. The van der Waals surface area contributed by atoms with E-state index in [1.54, 1.807) is 6.07 Å². The second-order valence-corrected chi connectivity index (χ2v) is 6.03. The summed E-state index contributed by atoms with van der Waals surface area (Å²) in [4.78, 5) is 2.00. The first-order chi connectivity index (χ1) is 9.25. The van der Waals surface area contributed by atoms with E-state index in [0.717, 1.165) is 31.0 Å². The number of hydrogen-bond acceptors (Lipinski definition) is 2. The van der Waals surface area contributed by atoms with Gasteiger partial charge in [-0.15, -0.1) is 0 Å². The third-order valence-electron chi connectivity index (χ3n) is 4.35. The zero-order valence-electron chi connectivity index (χ0n) is 11.6. The molecule has 3 rings (SSSR count). The Balaban J connectivity index is 1.47. The van der Waals surface area contributed by atoms with Gasteiger partial charge in [0, 0.05) is 26.2 Å². The average molecular weight is 262 g/mol. The van der Waals surface area contributed by atoms with Crippen molar-refractivity contribution < 1.29 is 4.39 Å². The smallest absolute Gasteiger partial charge is 0.146 e. The molecule has 0 bridgehead atoms. The lowest BCUT2D eigenvalue weighted by Crippen LogP contribution is -2.38. The van der Waals surface area contributed by atoms with Gasteiger partial charge in [0.05, 0.1) is 5.69 Å². The largest absolute Gasteiger partial charge is 0.371 e. The van der Waals surface area contributed by atoms with Crippen molar-refractivity contribution in [1.82, 2.24) is 5.32 Å². The molecule has 2 saturated carbocycles. The molecule has 0 unspecified atom stereocenters. The van der Waals surface area contributed by atoms with Gasteiger partial charge in [-0.2, -0.15) is 0 Å². The summed E-state index contributed by atoms with van der Waals surface area (Å²) in [7, 11) is 1.96. The van der Waals surface area contributed by atoms with E-state index in [0.29, 0.717) is 5.69 Å². The molecule has 3 heteroatoms. The van der Waals surface area contributed by atoms with E-state index in [1.807, 2.05) is 24.1 Å². The van der Waals surface area contributed by atoms with Crippen LogP contribution in [-0.2, 0) is 0 Å². The van der Waals surface area contributed by atoms with Gasteiger partial charge >= 0.3 is 0 Å². The Morgan fingerprint density at radius 1 is 1.21 bits per heavy atom. The molecule has 1 aromatic rings. The van der Waals surface area contributed by atoms with E-state index < -0.39 is 0 Å². The Kier molecular flexibility index (Phi) is 3.74. The number of benzene rings is 1. The highest BCUT2D eigenvalue weighted by atomic mass is 19.1. The molecule has 0 aliphatic heterocycles. The minimum atomic E-state index is -0.133. The van der Waals surface area contributed by atoms with Gasteiger partial charge in [-0.05, 0) is 49.7 Å². The molecule has 0 spiro atoms. The number of anilines is 1. The van der Waals surface area contributed by atoms with Gasteiger partial charge in [0.15, 0.2) is 0 Å². The summed E-state index contributed by atoms with van der Waals surface area (Å²) < 4.78 is 13.6. The van der Waals surface area contributed by atoms with Gasteiger partial charge < -0.3 is 10.2 Å². The molecular weight excluding hydrogens is 239 g/mol. The van der Waals surface area contributed by atoms with Gasteiger partial charge in [0.2, 0.25) is 0 Å². The highest BCUT2D eigenvalue weighted by Crippen LogP contribution is 2.44. The molecule has 2 fully saturated rings. The van der Waals surface area contributed by atoms with E-state index in [1.165, 1.54) is 31.7 Å². The Morgan fingerprint density at radius 2 is 1.84 bits per heavy atom. The average Bonchev–Trinajstić information content (AvgIpc) is 3.28. The minimum absolute atomic E-state index is 0.133. The molecule has 2 aliphatic carbocycles. The maximum atomic E-state index is 13.6. The first-order valence-electron chi connectivity index (χ1n) is 7.45. The van der Waals surface area contributed by atoms with Crippen LogP contribution < -0.4 is 10.2 Å². The fourth-order valence-electron chi connectivity index (χ4n) is 2.91. The predicted molar refractivity (Wildman–Crippen MR) is 76.9 cm³/mol. The number of nitrogens with zero attached hydrogens (tertiary/aromatic N) is 1. The van der Waals surface area contributed by atoms with Crippen LogP contribution in [-0.4, -0.2) is 26.2 Å². The predicted octanol–water partition coefficient (Wildman–Crippen LogP) is 3.04. The number of rotatable bonds is 7. The summed E-state index contributed by atoms with van der Waals surface area (Å²) in [5, 5.41) is 3.70. The summed E-state index contributed by atoms with van der Waals surface area (Å²) in [6.07, 6.45) is 5.60. The molecule has 2 aliphatic rings. The Morgan fingerprint density at radius 3 is 2.42 bits per heavy atom. The van der Waals surface area contributed by atoms with Crippen LogP contribution in [0.15, 0.2) is 24.3 Å². The Hall–Kier alpha value is -1.09. The van der Waals surface area contributed by atoms with E-state index in [2.05, 4.69) is 5.32 Å². The molecule has 2 nitrogen and oxygen atoms in total. The van der Waals surface area contributed by atoms with Crippen molar-refractivity contribution in [3.05, 3.63) is 30.1 Å². The first kappa shape index (κ1) is 12.9. The highest BCUT2D eigenvalue weighted by Gasteiger charge is 2.40. The molecule has 1 N–H and O–H groups in total. The van der Waals surface area contributed by atoms with Crippen LogP contribution in [0.4, 0.5) is 10.1 Å². The Bertz CT molecular complexity index is 415. The lowest BCUT2D eigenvalue weighted by Gasteiger charge is -2.23. The van der Waals surface area contributed by atoms with Gasteiger partial charge in [-0.25, -0.2) is 4.39 Å². The van der Waals surface area contributed by atoms with Crippen LogP contribution in [0, 0.1) is 17.7 Å². The Labute approximate surface area is 115 Å². The molecule has 0 saturated heterocycles. The lowest BCUT2D eigenvalue weighted by molar-refractivity contribution is 0.421. The SMILES string of the molecule is CN(CCNC(C1CC1)C1CC1)c1ccccc1F. The lowest BCUT2D eigenvalue weighted by atomic mass is 10.1. The molecule has 104 valence electrons. The number of nitrogens with one attached hydrogen (secondary N) is 1. The molecule has 0 heterocycles. The molecule has 0 amide bonds. The van der Waals surface area contributed by atoms with Gasteiger partial charge in [-0.1, -0.05) is 12.1 Å². The van der Waals surface area contributed by atoms with Crippen LogP contribution in [0.1, 0.15) is 25.7 Å². The van der Waals surface area contributed by atoms with Gasteiger partial charge in [0.1, 0.15) is 5.82 Å². The van der Waals surface area contributed by atoms with Crippen molar-refractivity contribution in [2.24, 2.45) is 11.8 Å². The van der Waals surface area contributed by atoms with Gasteiger partial charge in [0.25, 0.3) is 0 Å². The fraction of sp³-hybridized carbons (Fsp3) is 0.625. The van der Waals surface area contributed by atoms with Crippen molar-refractivity contribution in [2.75, 3.05) is 25.0 Å². The van der Waals surface area contributed by atoms with Crippen molar-refractivity contribution in [2.45, 2.75) is 31.7 Å². The molecule has 0 radical (unpaired) electrons. The van der Waals surface area contributed by atoms with Crippen LogP contribution >= 0.6 is 0 Å². The zero-order valence-corrected chi connectivity index (χ0v) is 11.6.